The van der Waals surface area contributed by atoms with Crippen LogP contribution in [0.15, 0.2) is 18.2 Å². The predicted molar refractivity (Wildman–Crippen MR) is 82.9 cm³/mol. The van der Waals surface area contributed by atoms with Crippen molar-refractivity contribution in [2.75, 3.05) is 50.1 Å². The summed E-state index contributed by atoms with van der Waals surface area (Å²) in [5.74, 6) is 0.936. The summed E-state index contributed by atoms with van der Waals surface area (Å²) in [5, 5.41) is 0. The van der Waals surface area contributed by atoms with Gasteiger partial charge in [-0.3, -0.25) is 4.90 Å². The standard InChI is InChI=1S/C16H23N3O2/c17-12-1-2-15-16(9-12)21-11-14-10-18(5-6-19(14)15)13-3-7-20-8-4-13/h1-2,9,13-14H,3-8,10-11,17H2/t14-/m0/s1. The van der Waals surface area contributed by atoms with Gasteiger partial charge in [-0.05, 0) is 25.0 Å². The molecule has 0 aliphatic carbocycles. The SMILES string of the molecule is Nc1ccc2c(c1)OC[C@@H]1CN(C3CCOCC3)CCN21. The molecule has 0 bridgehead atoms. The van der Waals surface area contributed by atoms with Gasteiger partial charge in [-0.25, -0.2) is 0 Å². The van der Waals surface area contributed by atoms with Gasteiger partial charge in [-0.2, -0.15) is 0 Å². The highest BCUT2D eigenvalue weighted by molar-refractivity contribution is 5.66. The van der Waals surface area contributed by atoms with Crippen LogP contribution >= 0.6 is 0 Å². The lowest BCUT2D eigenvalue weighted by molar-refractivity contribution is 0.0231. The maximum absolute atomic E-state index is 5.94. The Morgan fingerprint density at radius 3 is 2.81 bits per heavy atom. The molecule has 3 heterocycles. The van der Waals surface area contributed by atoms with E-state index in [9.17, 15) is 0 Å². The van der Waals surface area contributed by atoms with Crippen LogP contribution in [0.25, 0.3) is 0 Å². The van der Waals surface area contributed by atoms with E-state index in [2.05, 4.69) is 15.9 Å². The van der Waals surface area contributed by atoms with E-state index in [1.54, 1.807) is 0 Å². The van der Waals surface area contributed by atoms with Gasteiger partial charge >= 0.3 is 0 Å². The summed E-state index contributed by atoms with van der Waals surface area (Å²) in [6, 6.07) is 7.15. The van der Waals surface area contributed by atoms with Crippen LogP contribution in [-0.4, -0.2) is 56.4 Å². The Kier molecular flexibility index (Phi) is 3.39. The van der Waals surface area contributed by atoms with Crippen molar-refractivity contribution in [3.8, 4) is 5.75 Å². The first-order valence-electron chi connectivity index (χ1n) is 7.92. The molecule has 0 spiro atoms. The van der Waals surface area contributed by atoms with Crippen LogP contribution in [0.4, 0.5) is 11.4 Å². The molecule has 0 radical (unpaired) electrons. The molecule has 4 rings (SSSR count). The number of ether oxygens (including phenoxy) is 2. The zero-order valence-electron chi connectivity index (χ0n) is 12.3. The molecule has 21 heavy (non-hydrogen) atoms. The zero-order chi connectivity index (χ0) is 14.2. The molecule has 2 fully saturated rings. The molecular formula is C16H23N3O2. The Morgan fingerprint density at radius 1 is 1.10 bits per heavy atom. The number of hydrogen-bond acceptors (Lipinski definition) is 5. The van der Waals surface area contributed by atoms with E-state index in [4.69, 9.17) is 15.2 Å². The summed E-state index contributed by atoms with van der Waals surface area (Å²) >= 11 is 0. The monoisotopic (exact) mass is 289 g/mol. The Morgan fingerprint density at radius 2 is 1.95 bits per heavy atom. The highest BCUT2D eigenvalue weighted by Gasteiger charge is 2.35. The Hall–Kier alpha value is -1.46. The lowest BCUT2D eigenvalue weighted by Gasteiger charge is -2.48. The van der Waals surface area contributed by atoms with Crippen LogP contribution in [0.3, 0.4) is 0 Å². The third kappa shape index (κ3) is 2.45. The number of nitrogens with two attached hydrogens (primary N) is 1. The quantitative estimate of drug-likeness (QED) is 0.791. The first kappa shape index (κ1) is 13.2. The van der Waals surface area contributed by atoms with E-state index in [0.29, 0.717) is 12.1 Å². The molecule has 5 nitrogen and oxygen atoms in total. The first-order chi connectivity index (χ1) is 10.3. The number of hydrogen-bond donors (Lipinski definition) is 1. The van der Waals surface area contributed by atoms with E-state index in [1.165, 1.54) is 18.5 Å². The molecule has 0 aromatic heterocycles. The molecule has 1 aromatic carbocycles. The molecule has 3 aliphatic rings. The predicted octanol–water partition coefficient (Wildman–Crippen LogP) is 1.33. The first-order valence-corrected chi connectivity index (χ1v) is 7.92. The molecule has 1 atom stereocenters. The number of benzene rings is 1. The molecule has 2 saturated heterocycles. The van der Waals surface area contributed by atoms with Crippen molar-refractivity contribution >= 4 is 11.4 Å². The van der Waals surface area contributed by atoms with Crippen LogP contribution in [-0.2, 0) is 4.74 Å². The largest absolute Gasteiger partial charge is 0.489 e. The van der Waals surface area contributed by atoms with Crippen LogP contribution < -0.4 is 15.4 Å². The molecule has 2 N–H and O–H groups in total. The summed E-state index contributed by atoms with van der Waals surface area (Å²) in [4.78, 5) is 5.13. The Bertz CT molecular complexity index is 516. The van der Waals surface area contributed by atoms with Crippen molar-refractivity contribution in [1.29, 1.82) is 0 Å². The highest BCUT2D eigenvalue weighted by Crippen LogP contribution is 2.37. The van der Waals surface area contributed by atoms with Gasteiger partial charge in [-0.15, -0.1) is 0 Å². The summed E-state index contributed by atoms with van der Waals surface area (Å²) in [5.41, 5.74) is 7.82. The van der Waals surface area contributed by atoms with Crippen LogP contribution in [0.5, 0.6) is 5.75 Å². The summed E-state index contributed by atoms with van der Waals surface area (Å²) < 4.78 is 11.4. The van der Waals surface area contributed by atoms with Crippen LogP contribution in [0.2, 0.25) is 0 Å². The third-order valence-electron chi connectivity index (χ3n) is 4.95. The van der Waals surface area contributed by atoms with Crippen LogP contribution in [0.1, 0.15) is 12.8 Å². The molecule has 3 aliphatic heterocycles. The van der Waals surface area contributed by atoms with Gasteiger partial charge in [0.15, 0.2) is 0 Å². The molecule has 1 aromatic rings. The van der Waals surface area contributed by atoms with Gasteiger partial charge in [0.05, 0.1) is 11.7 Å². The third-order valence-corrected chi connectivity index (χ3v) is 4.95. The normalized spacial score (nSPS) is 26.9. The van der Waals surface area contributed by atoms with Gasteiger partial charge in [0, 0.05) is 50.6 Å². The zero-order valence-corrected chi connectivity index (χ0v) is 12.3. The second kappa shape index (κ2) is 5.39. The van der Waals surface area contributed by atoms with Gasteiger partial charge in [-0.1, -0.05) is 0 Å². The minimum atomic E-state index is 0.456. The summed E-state index contributed by atoms with van der Waals surface area (Å²) in [7, 11) is 0. The Balaban J connectivity index is 1.49. The van der Waals surface area contributed by atoms with Crippen molar-refractivity contribution in [2.24, 2.45) is 0 Å². The maximum Gasteiger partial charge on any atom is 0.144 e. The molecule has 0 amide bonds. The fourth-order valence-electron chi connectivity index (χ4n) is 3.79. The van der Waals surface area contributed by atoms with Gasteiger partial charge in [0.25, 0.3) is 0 Å². The fourth-order valence-corrected chi connectivity index (χ4v) is 3.79. The van der Waals surface area contributed by atoms with Gasteiger partial charge < -0.3 is 20.1 Å². The van der Waals surface area contributed by atoms with Gasteiger partial charge in [0.2, 0.25) is 0 Å². The number of nitrogen functional groups attached to an aromatic ring is 1. The topological polar surface area (TPSA) is 51.0 Å². The number of anilines is 2. The molecule has 114 valence electrons. The summed E-state index contributed by atoms with van der Waals surface area (Å²) in [6.45, 7) is 5.88. The Labute approximate surface area is 125 Å². The highest BCUT2D eigenvalue weighted by atomic mass is 16.5. The van der Waals surface area contributed by atoms with Crippen molar-refractivity contribution in [2.45, 2.75) is 24.9 Å². The van der Waals surface area contributed by atoms with Crippen molar-refractivity contribution in [3.05, 3.63) is 18.2 Å². The van der Waals surface area contributed by atoms with E-state index >= 15 is 0 Å². The number of rotatable bonds is 1. The van der Waals surface area contributed by atoms with Crippen molar-refractivity contribution in [1.82, 2.24) is 4.90 Å². The minimum absolute atomic E-state index is 0.456. The number of nitrogens with zero attached hydrogens (tertiary/aromatic N) is 2. The molecular weight excluding hydrogens is 266 g/mol. The van der Waals surface area contributed by atoms with Crippen molar-refractivity contribution in [3.63, 3.8) is 0 Å². The second-order valence-electron chi connectivity index (χ2n) is 6.22. The smallest absolute Gasteiger partial charge is 0.144 e. The van der Waals surface area contributed by atoms with E-state index in [-0.39, 0.29) is 0 Å². The fraction of sp³-hybridized carbons (Fsp3) is 0.625. The van der Waals surface area contributed by atoms with Crippen LogP contribution in [0, 0.1) is 0 Å². The molecule has 5 heteroatoms. The summed E-state index contributed by atoms with van der Waals surface area (Å²) in [6.07, 6.45) is 2.33. The van der Waals surface area contributed by atoms with Gasteiger partial charge in [0.1, 0.15) is 12.4 Å². The second-order valence-corrected chi connectivity index (χ2v) is 6.22. The minimum Gasteiger partial charge on any atom is -0.489 e. The maximum atomic E-state index is 5.94. The molecule has 0 saturated carbocycles. The average Bonchev–Trinajstić information content (AvgIpc) is 2.54. The van der Waals surface area contributed by atoms with Crippen molar-refractivity contribution < 1.29 is 9.47 Å². The average molecular weight is 289 g/mol. The van der Waals surface area contributed by atoms with E-state index < -0.39 is 0 Å². The lowest BCUT2D eigenvalue weighted by atomic mass is 10.0. The van der Waals surface area contributed by atoms with E-state index in [1.807, 2.05) is 12.1 Å². The molecule has 0 unspecified atom stereocenters. The number of piperazine rings is 1. The van der Waals surface area contributed by atoms with E-state index in [0.717, 1.165) is 50.9 Å². The number of fused-ring (bicyclic) bond motifs is 3. The lowest BCUT2D eigenvalue weighted by Crippen LogP contribution is -2.59.